The van der Waals surface area contributed by atoms with Gasteiger partial charge in [-0.25, -0.2) is 0 Å². The van der Waals surface area contributed by atoms with E-state index in [1.54, 1.807) is 0 Å². The van der Waals surface area contributed by atoms with Crippen molar-refractivity contribution < 1.29 is 63.1 Å². The third-order valence-electron chi connectivity index (χ3n) is 1.92. The molecule has 5 N–H and O–H groups in total. The van der Waals surface area contributed by atoms with Crippen LogP contribution in [0.1, 0.15) is 5.69 Å². The Balaban J connectivity index is -0.000000343. The molecule has 14 heteroatoms. The standard InChI is InChI=1S/C10H9NO2.Fe.Mo.NO3.H3N.4O/c12-10(13)6-8-5-7-3-1-2-4-9(7)11-8;;;2-1(3)4;;;;;/h1-5,11H,6H2,(H,12,13);;;;1H3;;;;/q;+3;;-1;;;;2*-1. The van der Waals surface area contributed by atoms with E-state index < -0.39 is 27.8 Å². The van der Waals surface area contributed by atoms with Gasteiger partial charge in [0.1, 0.15) is 0 Å². The summed E-state index contributed by atoms with van der Waals surface area (Å²) in [5.74, 6) is -1.06. The number of nitrogens with zero attached hydrogens (tertiary/aromatic N) is 1. The minimum atomic E-state index is -6.02. The molecule has 0 spiro atoms. The quantitative estimate of drug-likeness (QED) is 0.279. The molecule has 0 bridgehead atoms. The Bertz CT molecular complexity index is 702. The maximum absolute atomic E-state index is 10.3. The first-order valence-corrected chi connectivity index (χ1v) is 8.51. The predicted molar refractivity (Wildman–Crippen MR) is 64.7 cm³/mol. The molecule has 1 heterocycles. The number of rotatable bonds is 2. The van der Waals surface area contributed by atoms with E-state index in [4.69, 9.17) is 29.6 Å². The van der Waals surface area contributed by atoms with Crippen molar-refractivity contribution in [2.45, 2.75) is 6.42 Å². The van der Waals surface area contributed by atoms with Gasteiger partial charge in [-0.2, -0.15) is 0 Å². The summed E-state index contributed by atoms with van der Waals surface area (Å²) >= 11 is -6.02. The van der Waals surface area contributed by atoms with E-state index in [0.717, 1.165) is 10.9 Å². The average molecular weight is 470 g/mol. The Kier molecular flexibility index (Phi) is 14.1. The van der Waals surface area contributed by atoms with E-state index >= 15 is 0 Å². The van der Waals surface area contributed by atoms with E-state index in [1.807, 2.05) is 30.3 Å². The summed E-state index contributed by atoms with van der Waals surface area (Å²) in [6.07, 6.45) is -0.0608. The van der Waals surface area contributed by atoms with Crippen LogP contribution in [-0.2, 0) is 51.8 Å². The fraction of sp³-hybridized carbons (Fsp3) is 0.100. The second-order valence-corrected chi connectivity index (χ2v) is 5.57. The van der Waals surface area contributed by atoms with Crippen LogP contribution in [0.5, 0.6) is 0 Å². The molecule has 0 fully saturated rings. The van der Waals surface area contributed by atoms with Gasteiger partial charge >= 0.3 is 48.1 Å². The minimum absolute atomic E-state index is 0. The van der Waals surface area contributed by atoms with Gasteiger partial charge in [0.15, 0.2) is 0 Å². The third-order valence-corrected chi connectivity index (χ3v) is 1.92. The molecule has 1 aromatic heterocycles. The van der Waals surface area contributed by atoms with E-state index in [-0.39, 0.29) is 29.6 Å². The fourth-order valence-electron chi connectivity index (χ4n) is 1.38. The molecule has 0 saturated carbocycles. The monoisotopic (exact) mass is 472 g/mol. The molecule has 2 aromatic rings. The molecule has 24 heavy (non-hydrogen) atoms. The number of quaternary nitrogens is 1. The molecule has 2 rings (SSSR count). The van der Waals surface area contributed by atoms with Gasteiger partial charge in [-0.05, 0) is 17.5 Å². The number of fused-ring (bicyclic) bond motifs is 1. The van der Waals surface area contributed by atoms with Crippen LogP contribution in [0.15, 0.2) is 30.3 Å². The Morgan fingerprint density at radius 1 is 1.17 bits per heavy atom. The molecule has 0 aliphatic rings. The molecule has 0 unspecified atom stereocenters. The van der Waals surface area contributed by atoms with Gasteiger partial charge in [0.2, 0.25) is 0 Å². The number of hydrogen-bond acceptors (Lipinski definition) is 9. The number of aromatic nitrogens is 1. The van der Waals surface area contributed by atoms with Crippen LogP contribution in [0.4, 0.5) is 0 Å². The summed E-state index contributed by atoms with van der Waals surface area (Å²) in [5, 5.41) is 26.1. The normalized spacial score (nSPS) is 9.08. The van der Waals surface area contributed by atoms with Crippen molar-refractivity contribution in [2.24, 2.45) is 0 Å². The fourth-order valence-corrected chi connectivity index (χ4v) is 1.38. The summed E-state index contributed by atoms with van der Waals surface area (Å²) in [4.78, 5) is 21.6. The van der Waals surface area contributed by atoms with Crippen LogP contribution >= 0.6 is 0 Å². The van der Waals surface area contributed by atoms with Crippen LogP contribution in [0.3, 0.4) is 0 Å². The Morgan fingerprint density at radius 2 is 1.58 bits per heavy atom. The predicted octanol–water partition coefficient (Wildman–Crippen LogP) is -2.02. The molecule has 0 aliphatic heterocycles. The van der Waals surface area contributed by atoms with Crippen LogP contribution in [0.25, 0.3) is 10.9 Å². The third kappa shape index (κ3) is 16.5. The van der Waals surface area contributed by atoms with Crippen molar-refractivity contribution in [1.82, 2.24) is 11.1 Å². The molecule has 135 valence electrons. The van der Waals surface area contributed by atoms with Crippen LogP contribution in [-0.4, -0.2) is 16.0 Å². The Hall–Kier alpha value is -1.88. The summed E-state index contributed by atoms with van der Waals surface area (Å²) in [5.41, 5.74) is 1.64. The summed E-state index contributed by atoms with van der Waals surface area (Å²) < 4.78 is 34.5. The van der Waals surface area contributed by atoms with Gasteiger partial charge in [-0.1, -0.05) is 18.2 Å². The number of carbonyl (C=O) groups is 1. The first-order valence-electron chi connectivity index (χ1n) is 5.23. The number of benzene rings is 1. The number of carboxylic acids is 1. The molecule has 0 atom stereocenters. The zero-order valence-electron chi connectivity index (χ0n) is 12.0. The SMILES string of the molecule is O=C([O-])Cc1cc2ccccc2[nH]1.O=[N+]([O-])[O-].[Fe+3].[NH4+].[O]=[Mo](=[O])([O-])[O-]. The first-order chi connectivity index (χ1) is 9.99. The number of para-hydroxylation sites is 1. The molecule has 12 nitrogen and oxygen atoms in total. The number of hydrogen-bond donors (Lipinski definition) is 2. The van der Waals surface area contributed by atoms with Crippen molar-refractivity contribution in [2.75, 3.05) is 0 Å². The number of aromatic amines is 1. The molecule has 1 aromatic carbocycles. The summed E-state index contributed by atoms with van der Waals surface area (Å²) in [6, 6.07) is 9.49. The molecule has 0 saturated heterocycles. The van der Waals surface area contributed by atoms with Crippen molar-refractivity contribution in [1.29, 1.82) is 0 Å². The van der Waals surface area contributed by atoms with Crippen molar-refractivity contribution in [3.05, 3.63) is 51.3 Å². The number of carboxylic acid groups (broad SMARTS) is 1. The van der Waals surface area contributed by atoms with Gasteiger partial charge in [-0.15, -0.1) is 0 Å². The summed E-state index contributed by atoms with van der Waals surface area (Å²) in [7, 11) is 0. The number of carbonyl (C=O) groups excluding carboxylic acids is 1. The van der Waals surface area contributed by atoms with Crippen LogP contribution in [0.2, 0.25) is 0 Å². The second kappa shape index (κ2) is 12.5. The Morgan fingerprint density at radius 3 is 1.96 bits per heavy atom. The molecular weight excluding hydrogens is 458 g/mol. The van der Waals surface area contributed by atoms with Crippen LogP contribution < -0.4 is 18.8 Å². The zero-order valence-corrected chi connectivity index (χ0v) is 15.1. The summed E-state index contributed by atoms with van der Waals surface area (Å²) in [6.45, 7) is 0. The van der Waals surface area contributed by atoms with Gasteiger partial charge in [-0.3, -0.25) is 0 Å². The number of nitrogens with one attached hydrogen (secondary N) is 1. The van der Waals surface area contributed by atoms with Crippen molar-refractivity contribution in [3.8, 4) is 0 Å². The zero-order chi connectivity index (χ0) is 17.3. The van der Waals surface area contributed by atoms with Gasteiger partial charge in [0, 0.05) is 23.6 Å². The second-order valence-electron chi connectivity index (χ2n) is 3.56. The van der Waals surface area contributed by atoms with E-state index in [9.17, 15) is 9.90 Å². The maximum atomic E-state index is 10.3. The van der Waals surface area contributed by atoms with Gasteiger partial charge in [0.05, 0.1) is 5.09 Å². The topological polar surface area (TPSA) is 239 Å². The van der Waals surface area contributed by atoms with Crippen molar-refractivity contribution >= 4 is 16.9 Å². The van der Waals surface area contributed by atoms with E-state index in [2.05, 4.69) is 4.98 Å². The first kappa shape index (κ1) is 27.0. The van der Waals surface area contributed by atoms with E-state index in [1.165, 1.54) is 0 Å². The molecular formula is C10H12FeMoN3O9. The van der Waals surface area contributed by atoms with Gasteiger partial charge in [0.25, 0.3) is 0 Å². The Labute approximate surface area is 149 Å². The van der Waals surface area contributed by atoms with E-state index in [0.29, 0.717) is 5.69 Å². The molecule has 0 amide bonds. The molecule has 1 radical (unpaired) electrons. The van der Waals surface area contributed by atoms with Gasteiger partial charge < -0.3 is 36.4 Å². The number of H-pyrrole nitrogens is 1. The molecule has 0 aliphatic carbocycles. The average Bonchev–Trinajstić information content (AvgIpc) is 2.66. The van der Waals surface area contributed by atoms with Crippen molar-refractivity contribution in [3.63, 3.8) is 0 Å². The van der Waals surface area contributed by atoms with Crippen LogP contribution in [0, 0.1) is 15.3 Å². The number of aliphatic carboxylic acids is 1.